The van der Waals surface area contributed by atoms with Gasteiger partial charge in [-0.05, 0) is 38.0 Å². The second-order valence-electron chi connectivity index (χ2n) is 9.77. The van der Waals surface area contributed by atoms with Gasteiger partial charge in [-0.25, -0.2) is 13.4 Å². The maximum atomic E-state index is 13.7. The van der Waals surface area contributed by atoms with Crippen molar-refractivity contribution in [2.24, 2.45) is 0 Å². The van der Waals surface area contributed by atoms with Crippen LogP contribution in [-0.4, -0.2) is 84.4 Å². The van der Waals surface area contributed by atoms with Crippen molar-refractivity contribution in [1.82, 2.24) is 29.4 Å². The summed E-state index contributed by atoms with van der Waals surface area (Å²) in [5, 5.41) is 10.3. The van der Waals surface area contributed by atoms with Crippen LogP contribution in [0.25, 0.3) is 22.4 Å². The first-order valence-electron chi connectivity index (χ1n) is 13.9. The maximum absolute atomic E-state index is 13.7. The Bertz CT molecular complexity index is 1530. The summed E-state index contributed by atoms with van der Waals surface area (Å²) in [7, 11) is -3.87. The van der Waals surface area contributed by atoms with E-state index in [1.54, 1.807) is 10.6 Å². The molecule has 0 spiro atoms. The second-order valence-corrected chi connectivity index (χ2v) is 11.7. The van der Waals surface area contributed by atoms with Crippen LogP contribution in [0.15, 0.2) is 27.9 Å². The lowest BCUT2D eigenvalue weighted by Gasteiger charge is -2.34. The molecule has 4 rings (SSSR count). The van der Waals surface area contributed by atoms with Gasteiger partial charge in [0.25, 0.3) is 5.56 Å². The van der Waals surface area contributed by atoms with Crippen molar-refractivity contribution >= 4 is 27.3 Å². The molecule has 1 aromatic carbocycles. The summed E-state index contributed by atoms with van der Waals surface area (Å²) in [6, 6.07) is 4.58. The van der Waals surface area contributed by atoms with E-state index in [0.717, 1.165) is 19.1 Å². The SMILES string of the molecule is CCCOc1ccc(S(=O)(=O)N2CCN(CCON[O-])CC2)cc1-c1nc2c(CCC)c(C=O)n(CC)c2c(=O)[nH]1. The van der Waals surface area contributed by atoms with E-state index in [9.17, 15) is 23.2 Å². The molecule has 0 amide bonds. The standard InChI is InChI=1S/C27H37N6O7S/c1-4-7-20-22(18-34)33(6-3)25-24(20)28-26(29-27(25)35)21-17-19(8-9-23(21)39-15-5-2)41(37,38)32-12-10-31(11-13-32)14-16-40-30-36/h8-9,17-18,30H,4-7,10-16H2,1-3H3,(H,28,29,35)/q-1. The van der Waals surface area contributed by atoms with Gasteiger partial charge in [0, 0.05) is 44.8 Å². The molecule has 2 aromatic heterocycles. The van der Waals surface area contributed by atoms with Gasteiger partial charge in [0.15, 0.2) is 6.29 Å². The van der Waals surface area contributed by atoms with E-state index in [1.165, 1.54) is 22.1 Å². The third kappa shape index (κ3) is 6.37. The zero-order valence-electron chi connectivity index (χ0n) is 23.6. The molecule has 3 aromatic rings. The summed E-state index contributed by atoms with van der Waals surface area (Å²) in [6.07, 6.45) is 2.80. The summed E-state index contributed by atoms with van der Waals surface area (Å²) in [4.78, 5) is 39.7. The topological polar surface area (TPSA) is 162 Å². The van der Waals surface area contributed by atoms with Gasteiger partial charge in [0.05, 0.1) is 29.4 Å². The number of piperazine rings is 1. The largest absolute Gasteiger partial charge is 0.765 e. The number of carbonyl (C=O) groups is 1. The number of benzene rings is 1. The molecular formula is C27H37N6O7S-. The van der Waals surface area contributed by atoms with Gasteiger partial charge >= 0.3 is 0 Å². The highest BCUT2D eigenvalue weighted by atomic mass is 32.2. The Labute approximate surface area is 239 Å². The number of aryl methyl sites for hydroxylation is 2. The predicted molar refractivity (Wildman–Crippen MR) is 154 cm³/mol. The number of aromatic amines is 1. The van der Waals surface area contributed by atoms with Crippen LogP contribution in [0.3, 0.4) is 0 Å². The van der Waals surface area contributed by atoms with Crippen LogP contribution < -0.4 is 15.9 Å². The summed E-state index contributed by atoms with van der Waals surface area (Å²) < 4.78 is 36.3. The molecule has 1 saturated heterocycles. The molecule has 14 heteroatoms. The number of ether oxygens (including phenoxy) is 1. The fourth-order valence-corrected chi connectivity index (χ4v) is 6.62. The molecule has 224 valence electrons. The molecular weight excluding hydrogens is 552 g/mol. The first-order chi connectivity index (χ1) is 19.8. The van der Waals surface area contributed by atoms with Crippen LogP contribution in [0.2, 0.25) is 0 Å². The number of aromatic nitrogens is 3. The molecule has 0 saturated carbocycles. The van der Waals surface area contributed by atoms with Crippen molar-refractivity contribution in [2.45, 2.75) is 51.5 Å². The number of rotatable bonds is 14. The van der Waals surface area contributed by atoms with E-state index < -0.39 is 15.6 Å². The average molecular weight is 590 g/mol. The Morgan fingerprint density at radius 1 is 1.12 bits per heavy atom. The van der Waals surface area contributed by atoms with Gasteiger partial charge in [-0.3, -0.25) is 20.1 Å². The highest BCUT2D eigenvalue weighted by Gasteiger charge is 2.30. The quantitative estimate of drug-likeness (QED) is 0.162. The molecule has 0 aliphatic carbocycles. The van der Waals surface area contributed by atoms with E-state index in [2.05, 4.69) is 9.82 Å². The van der Waals surface area contributed by atoms with Gasteiger partial charge in [0.1, 0.15) is 22.6 Å². The zero-order chi connectivity index (χ0) is 29.6. The minimum atomic E-state index is -3.87. The second kappa shape index (κ2) is 13.7. The smallest absolute Gasteiger partial charge is 0.275 e. The summed E-state index contributed by atoms with van der Waals surface area (Å²) in [6.45, 7) is 8.85. The predicted octanol–water partition coefficient (Wildman–Crippen LogP) is 2.29. The van der Waals surface area contributed by atoms with Crippen molar-refractivity contribution in [3.05, 3.63) is 45.0 Å². The molecule has 0 bridgehead atoms. The third-order valence-corrected chi connectivity index (χ3v) is 9.08. The number of carbonyl (C=O) groups excluding carboxylic acids is 1. The van der Waals surface area contributed by atoms with E-state index in [4.69, 9.17) is 9.72 Å². The van der Waals surface area contributed by atoms with E-state index in [0.29, 0.717) is 72.8 Å². The lowest BCUT2D eigenvalue weighted by molar-refractivity contribution is 0.0455. The maximum Gasteiger partial charge on any atom is 0.275 e. The lowest BCUT2D eigenvalue weighted by Crippen LogP contribution is -2.49. The molecule has 2 N–H and O–H groups in total. The summed E-state index contributed by atoms with van der Waals surface area (Å²) in [5.74, 6) is 0.568. The summed E-state index contributed by atoms with van der Waals surface area (Å²) in [5.41, 5.74) is 3.18. The molecule has 1 fully saturated rings. The van der Waals surface area contributed by atoms with Crippen molar-refractivity contribution in [2.75, 3.05) is 45.9 Å². The first kappa shape index (κ1) is 30.8. The van der Waals surface area contributed by atoms with Crippen LogP contribution in [0.1, 0.15) is 49.7 Å². The van der Waals surface area contributed by atoms with Gasteiger partial charge in [0.2, 0.25) is 10.0 Å². The number of nitrogens with one attached hydrogen (secondary N) is 2. The van der Waals surface area contributed by atoms with Crippen molar-refractivity contribution in [3.8, 4) is 17.1 Å². The van der Waals surface area contributed by atoms with Gasteiger partial charge < -0.3 is 24.3 Å². The number of hydrogen-bond donors (Lipinski definition) is 2. The third-order valence-electron chi connectivity index (χ3n) is 7.18. The molecule has 0 radical (unpaired) electrons. The molecule has 0 unspecified atom stereocenters. The van der Waals surface area contributed by atoms with Crippen LogP contribution in [0.5, 0.6) is 5.75 Å². The van der Waals surface area contributed by atoms with Crippen LogP contribution in [0.4, 0.5) is 0 Å². The Balaban J connectivity index is 1.76. The molecule has 13 nitrogen and oxygen atoms in total. The molecule has 1 aliphatic heterocycles. The van der Waals surface area contributed by atoms with Gasteiger partial charge in [-0.15, -0.1) is 0 Å². The summed E-state index contributed by atoms with van der Waals surface area (Å²) >= 11 is 0. The molecule has 3 heterocycles. The Morgan fingerprint density at radius 2 is 1.88 bits per heavy atom. The Hall–Kier alpha value is -3.14. The number of H-pyrrole nitrogens is 1. The number of hydrogen-bond acceptors (Lipinski definition) is 10. The van der Waals surface area contributed by atoms with E-state index in [-0.39, 0.29) is 30.4 Å². The Morgan fingerprint density at radius 3 is 2.51 bits per heavy atom. The number of aldehydes is 1. The number of nitrogens with zero attached hydrogens (tertiary/aromatic N) is 4. The zero-order valence-corrected chi connectivity index (χ0v) is 24.5. The fraction of sp³-hybridized carbons (Fsp3) is 0.519. The highest BCUT2D eigenvalue weighted by Crippen LogP contribution is 2.33. The van der Waals surface area contributed by atoms with Crippen LogP contribution in [-0.2, 0) is 27.8 Å². The minimum absolute atomic E-state index is 0.0555. The highest BCUT2D eigenvalue weighted by molar-refractivity contribution is 7.89. The van der Waals surface area contributed by atoms with Crippen LogP contribution >= 0.6 is 0 Å². The van der Waals surface area contributed by atoms with Crippen molar-refractivity contribution in [3.63, 3.8) is 0 Å². The van der Waals surface area contributed by atoms with Crippen LogP contribution in [0, 0.1) is 5.21 Å². The number of fused-ring (bicyclic) bond motifs is 1. The molecule has 1 aliphatic rings. The van der Waals surface area contributed by atoms with E-state index >= 15 is 0 Å². The van der Waals surface area contributed by atoms with Gasteiger partial charge in [-0.1, -0.05) is 20.3 Å². The van der Waals surface area contributed by atoms with Crippen molar-refractivity contribution in [1.29, 1.82) is 0 Å². The monoisotopic (exact) mass is 589 g/mol. The first-order valence-corrected chi connectivity index (χ1v) is 15.3. The van der Waals surface area contributed by atoms with Gasteiger partial charge in [-0.2, -0.15) is 4.31 Å². The molecule has 41 heavy (non-hydrogen) atoms. The lowest BCUT2D eigenvalue weighted by atomic mass is 10.1. The fourth-order valence-electron chi connectivity index (χ4n) is 5.17. The normalized spacial score (nSPS) is 15.0. The molecule has 0 atom stereocenters. The Kier molecular flexibility index (Phi) is 10.3. The minimum Gasteiger partial charge on any atom is -0.765 e. The number of sulfonamides is 1. The average Bonchev–Trinajstić information content (AvgIpc) is 3.29. The van der Waals surface area contributed by atoms with E-state index in [1.807, 2.05) is 25.7 Å². The van der Waals surface area contributed by atoms with Crippen molar-refractivity contribution < 1.29 is 22.8 Å².